The minimum absolute atomic E-state index is 0.0762. The molecule has 8 nitrogen and oxygen atoms in total. The summed E-state index contributed by atoms with van der Waals surface area (Å²) >= 11 is 1.39. The van der Waals surface area contributed by atoms with Gasteiger partial charge in [0.2, 0.25) is 5.91 Å². The smallest absolute Gasteiger partial charge is 0.350 e. The minimum atomic E-state index is -0.306. The number of anilines is 2. The molecule has 1 unspecified atom stereocenters. The van der Waals surface area contributed by atoms with Crippen LogP contribution in [0.4, 0.5) is 10.8 Å². The zero-order chi connectivity index (χ0) is 22.1. The molecule has 168 valence electrons. The number of ether oxygens (including phenoxy) is 1. The lowest BCUT2D eigenvalue weighted by atomic mass is 9.85. The number of aliphatic imine (C=N–C) groups is 1. The average Bonchev–Trinajstić information content (AvgIpc) is 3.30. The van der Waals surface area contributed by atoms with Crippen molar-refractivity contribution in [2.24, 2.45) is 10.9 Å². The van der Waals surface area contributed by atoms with Crippen LogP contribution in [0.1, 0.15) is 40.6 Å². The van der Waals surface area contributed by atoms with Gasteiger partial charge in [-0.15, -0.1) is 0 Å². The highest BCUT2D eigenvalue weighted by Gasteiger charge is 2.33. The van der Waals surface area contributed by atoms with Crippen molar-refractivity contribution in [2.75, 3.05) is 49.5 Å². The van der Waals surface area contributed by atoms with Crippen molar-refractivity contribution in [3.8, 4) is 0 Å². The van der Waals surface area contributed by atoms with Crippen LogP contribution in [-0.2, 0) is 16.1 Å². The molecule has 3 aliphatic heterocycles. The van der Waals surface area contributed by atoms with E-state index in [4.69, 9.17) is 4.74 Å². The van der Waals surface area contributed by atoms with E-state index in [1.165, 1.54) is 16.9 Å². The van der Waals surface area contributed by atoms with Crippen molar-refractivity contribution in [1.82, 2.24) is 9.88 Å². The first kappa shape index (κ1) is 21.1. The molecular weight excluding hydrogens is 426 g/mol. The molecule has 1 fully saturated rings. The van der Waals surface area contributed by atoms with E-state index in [1.807, 2.05) is 0 Å². The first-order valence-electron chi connectivity index (χ1n) is 11.2. The largest absolute Gasteiger partial charge is 0.462 e. The van der Waals surface area contributed by atoms with Crippen molar-refractivity contribution in [3.63, 3.8) is 0 Å². The third kappa shape index (κ3) is 4.14. The molecule has 1 N–H and O–H groups in total. The maximum atomic E-state index is 12.5. The van der Waals surface area contributed by atoms with Crippen LogP contribution in [0.15, 0.2) is 29.4 Å². The Balaban J connectivity index is 1.21. The van der Waals surface area contributed by atoms with E-state index in [1.54, 1.807) is 13.1 Å². The van der Waals surface area contributed by atoms with Gasteiger partial charge in [0.1, 0.15) is 4.88 Å². The van der Waals surface area contributed by atoms with Gasteiger partial charge in [-0.3, -0.25) is 14.7 Å². The number of nitrogens with one attached hydrogen (secondary N) is 1. The lowest BCUT2D eigenvalue weighted by Gasteiger charge is -2.35. The van der Waals surface area contributed by atoms with E-state index in [0.29, 0.717) is 11.5 Å². The average molecular weight is 454 g/mol. The van der Waals surface area contributed by atoms with Gasteiger partial charge in [0.05, 0.1) is 30.1 Å². The van der Waals surface area contributed by atoms with E-state index in [9.17, 15) is 9.59 Å². The summed E-state index contributed by atoms with van der Waals surface area (Å²) in [5.74, 6) is -0.322. The summed E-state index contributed by atoms with van der Waals surface area (Å²) < 4.78 is 5.06. The molecule has 1 aromatic carbocycles. The fourth-order valence-corrected chi connectivity index (χ4v) is 5.43. The molecule has 0 saturated carbocycles. The number of thiazole rings is 1. The van der Waals surface area contributed by atoms with Gasteiger partial charge >= 0.3 is 5.97 Å². The van der Waals surface area contributed by atoms with E-state index < -0.39 is 0 Å². The van der Waals surface area contributed by atoms with Crippen molar-refractivity contribution >= 4 is 39.7 Å². The van der Waals surface area contributed by atoms with Gasteiger partial charge in [0.25, 0.3) is 0 Å². The van der Waals surface area contributed by atoms with Crippen LogP contribution < -0.4 is 10.2 Å². The number of carbonyl (C=O) groups excluding carboxylic acids is 2. The number of rotatable bonds is 5. The molecular formula is C23H27N5O3S. The van der Waals surface area contributed by atoms with E-state index in [-0.39, 0.29) is 17.8 Å². The second-order valence-electron chi connectivity index (χ2n) is 8.32. The highest BCUT2D eigenvalue weighted by Crippen LogP contribution is 2.32. The van der Waals surface area contributed by atoms with Gasteiger partial charge in [-0.25, -0.2) is 9.78 Å². The molecule has 32 heavy (non-hydrogen) atoms. The molecule has 0 spiro atoms. The van der Waals surface area contributed by atoms with Crippen molar-refractivity contribution in [3.05, 3.63) is 40.4 Å². The van der Waals surface area contributed by atoms with Gasteiger partial charge in [-0.1, -0.05) is 23.5 Å². The lowest BCUT2D eigenvalue weighted by molar-refractivity contribution is -0.118. The Bertz CT molecular complexity index is 1060. The molecule has 3 aliphatic rings. The van der Waals surface area contributed by atoms with Gasteiger partial charge in [-0.2, -0.15) is 0 Å². The van der Waals surface area contributed by atoms with Gasteiger partial charge in [0, 0.05) is 44.8 Å². The Labute approximate surface area is 191 Å². The second kappa shape index (κ2) is 8.99. The predicted molar refractivity (Wildman–Crippen MR) is 125 cm³/mol. The highest BCUT2D eigenvalue weighted by molar-refractivity contribution is 7.17. The third-order valence-corrected chi connectivity index (χ3v) is 7.25. The Hall–Kier alpha value is -2.78. The van der Waals surface area contributed by atoms with Crippen molar-refractivity contribution < 1.29 is 14.3 Å². The number of nitrogens with zero attached hydrogens (tertiary/aromatic N) is 4. The normalized spacial score (nSPS) is 20.8. The summed E-state index contributed by atoms with van der Waals surface area (Å²) in [6, 6.07) is 6.37. The summed E-state index contributed by atoms with van der Waals surface area (Å²) in [6.45, 7) is 7.34. The summed E-state index contributed by atoms with van der Waals surface area (Å²) in [5, 5.41) is 3.96. The summed E-state index contributed by atoms with van der Waals surface area (Å²) in [7, 11) is 0. The lowest BCUT2D eigenvalue weighted by Crippen LogP contribution is -2.46. The Kier molecular flexibility index (Phi) is 5.93. The van der Waals surface area contributed by atoms with E-state index in [2.05, 4.69) is 43.3 Å². The van der Waals surface area contributed by atoms with Crippen LogP contribution in [0.5, 0.6) is 0 Å². The molecule has 0 aliphatic carbocycles. The minimum Gasteiger partial charge on any atom is -0.462 e. The third-order valence-electron chi connectivity index (χ3n) is 6.22. The number of carbonyl (C=O) groups is 2. The second-order valence-corrected chi connectivity index (χ2v) is 9.33. The van der Waals surface area contributed by atoms with Gasteiger partial charge in [0.15, 0.2) is 5.13 Å². The standard InChI is InChI=1S/C23H27N5O3S/c1-2-31-22(30)19-13-25-23(32-19)28-10-8-27(9-11-28)14-15-5-6-16-18(12-15)26-21(29)17-4-3-7-24-20(16)17/h5-6,12-13,17H,2-4,7-11,14H2,1H3,(H,26,29). The van der Waals surface area contributed by atoms with Crippen molar-refractivity contribution in [2.45, 2.75) is 26.3 Å². The topological polar surface area (TPSA) is 87.1 Å². The van der Waals surface area contributed by atoms with Crippen LogP contribution in [0.25, 0.3) is 0 Å². The molecule has 1 saturated heterocycles. The van der Waals surface area contributed by atoms with Crippen LogP contribution in [0.3, 0.4) is 0 Å². The zero-order valence-electron chi connectivity index (χ0n) is 18.2. The van der Waals surface area contributed by atoms with Gasteiger partial charge in [-0.05, 0) is 31.4 Å². The number of piperazine rings is 1. The molecule has 4 heterocycles. The van der Waals surface area contributed by atoms with Crippen molar-refractivity contribution in [1.29, 1.82) is 0 Å². The number of hydrogen-bond acceptors (Lipinski definition) is 8. The van der Waals surface area contributed by atoms with Crippen LogP contribution >= 0.6 is 11.3 Å². The molecule has 1 amide bonds. The number of benzene rings is 1. The maximum Gasteiger partial charge on any atom is 0.350 e. The number of aromatic nitrogens is 1. The summed E-state index contributed by atoms with van der Waals surface area (Å²) in [4.78, 5) is 38.6. The SMILES string of the molecule is CCOC(=O)c1cnc(N2CCN(Cc3ccc4c(c3)NC(=O)C3CCCN=C43)CC2)s1. The van der Waals surface area contributed by atoms with Crippen LogP contribution in [0, 0.1) is 5.92 Å². The molecule has 0 radical (unpaired) electrons. The highest BCUT2D eigenvalue weighted by atomic mass is 32.1. The number of esters is 1. The number of hydrogen-bond donors (Lipinski definition) is 1. The van der Waals surface area contributed by atoms with Crippen LogP contribution in [0.2, 0.25) is 0 Å². The molecule has 9 heteroatoms. The molecule has 5 rings (SSSR count). The molecule has 2 aromatic rings. The fraction of sp³-hybridized carbons (Fsp3) is 0.478. The fourth-order valence-electron chi connectivity index (χ4n) is 4.57. The van der Waals surface area contributed by atoms with E-state index in [0.717, 1.165) is 74.2 Å². The zero-order valence-corrected chi connectivity index (χ0v) is 19.0. The Morgan fingerprint density at radius 2 is 2.12 bits per heavy atom. The first-order chi connectivity index (χ1) is 15.6. The molecule has 1 atom stereocenters. The van der Waals surface area contributed by atoms with E-state index >= 15 is 0 Å². The number of fused-ring (bicyclic) bond motifs is 3. The monoisotopic (exact) mass is 453 g/mol. The van der Waals surface area contributed by atoms with Crippen LogP contribution in [-0.4, -0.2) is 66.8 Å². The maximum absolute atomic E-state index is 12.5. The molecule has 0 bridgehead atoms. The quantitative estimate of drug-likeness (QED) is 0.701. The summed E-state index contributed by atoms with van der Waals surface area (Å²) in [5.41, 5.74) is 4.10. The molecule has 1 aromatic heterocycles. The number of amides is 1. The first-order valence-corrected chi connectivity index (χ1v) is 12.0. The predicted octanol–water partition coefficient (Wildman–Crippen LogP) is 2.79. The van der Waals surface area contributed by atoms with Gasteiger partial charge < -0.3 is 15.0 Å². The summed E-state index contributed by atoms with van der Waals surface area (Å²) in [6.07, 6.45) is 3.47. The Morgan fingerprint density at radius 1 is 1.28 bits per heavy atom. The Morgan fingerprint density at radius 3 is 2.94 bits per heavy atom.